The highest BCUT2D eigenvalue weighted by atomic mass is 127. The van der Waals surface area contributed by atoms with Crippen molar-refractivity contribution in [3.05, 3.63) is 0 Å². The van der Waals surface area contributed by atoms with Gasteiger partial charge in [-0.1, -0.05) is 40.0 Å². The molecule has 0 bridgehead atoms. The van der Waals surface area contributed by atoms with Crippen molar-refractivity contribution in [3.63, 3.8) is 0 Å². The van der Waals surface area contributed by atoms with Gasteiger partial charge in [-0.15, -0.1) is 24.0 Å². The summed E-state index contributed by atoms with van der Waals surface area (Å²) in [7, 11) is 0. The number of halogens is 1. The molecule has 3 N–H and O–H groups in total. The zero-order chi connectivity index (χ0) is 21.2. The number of carbonyl (C=O) groups excluding carboxylic acids is 1. The first kappa shape index (κ1) is 27.4. The van der Waals surface area contributed by atoms with E-state index in [1.165, 1.54) is 32.1 Å². The van der Waals surface area contributed by atoms with Gasteiger partial charge in [0.15, 0.2) is 5.96 Å². The van der Waals surface area contributed by atoms with Crippen molar-refractivity contribution in [2.75, 3.05) is 59.0 Å². The third kappa shape index (κ3) is 9.68. The average Bonchev–Trinajstić information content (AvgIpc) is 2.70. The molecule has 7 nitrogen and oxygen atoms in total. The van der Waals surface area contributed by atoms with Crippen LogP contribution in [0.1, 0.15) is 59.8 Å². The molecule has 0 spiro atoms. The van der Waals surface area contributed by atoms with E-state index in [0.29, 0.717) is 13.1 Å². The fourth-order valence-electron chi connectivity index (χ4n) is 4.11. The van der Waals surface area contributed by atoms with Gasteiger partial charge in [0.2, 0.25) is 5.91 Å². The Morgan fingerprint density at radius 3 is 2.27 bits per heavy atom. The lowest BCUT2D eigenvalue weighted by Crippen LogP contribution is -2.47. The molecular formula is C22H44IN5O2. The maximum Gasteiger partial charge on any atom is 0.225 e. The van der Waals surface area contributed by atoms with Crippen molar-refractivity contribution in [2.45, 2.75) is 59.8 Å². The van der Waals surface area contributed by atoms with Crippen LogP contribution in [0.5, 0.6) is 0 Å². The predicted molar refractivity (Wildman–Crippen MR) is 135 cm³/mol. The minimum Gasteiger partial charge on any atom is -0.379 e. The molecular weight excluding hydrogens is 493 g/mol. The molecule has 2 fully saturated rings. The molecule has 1 amide bonds. The van der Waals surface area contributed by atoms with Gasteiger partial charge < -0.3 is 20.7 Å². The summed E-state index contributed by atoms with van der Waals surface area (Å²) in [5, 5.41) is 9.72. The molecule has 176 valence electrons. The second kappa shape index (κ2) is 13.7. The summed E-state index contributed by atoms with van der Waals surface area (Å²) < 4.78 is 5.53. The summed E-state index contributed by atoms with van der Waals surface area (Å²) in [5.41, 5.74) is -0.0795. The standard InChI is InChI=1S/C22H43N5O2.HI/c1-5-23-20(25-12-11-24-19(28)21(2,3)4)26-17-22(9-7-6-8-10-22)18-27-13-15-29-16-14-27;/h5-18H2,1-4H3,(H,24,28)(H2,23,25,26);1H. The number of guanidine groups is 1. The molecule has 30 heavy (non-hydrogen) atoms. The quantitative estimate of drug-likeness (QED) is 0.192. The number of nitrogens with one attached hydrogen (secondary N) is 3. The molecule has 0 radical (unpaired) electrons. The van der Waals surface area contributed by atoms with Gasteiger partial charge in [-0.3, -0.25) is 14.7 Å². The predicted octanol–water partition coefficient (Wildman–Crippen LogP) is 2.60. The highest BCUT2D eigenvalue weighted by Gasteiger charge is 2.34. The van der Waals surface area contributed by atoms with Crippen LogP contribution in [0.25, 0.3) is 0 Å². The van der Waals surface area contributed by atoms with E-state index >= 15 is 0 Å². The number of rotatable bonds is 8. The van der Waals surface area contributed by atoms with Gasteiger partial charge in [0.05, 0.1) is 13.2 Å². The molecule has 1 saturated carbocycles. The normalized spacial score (nSPS) is 20.2. The first-order valence-electron chi connectivity index (χ1n) is 11.5. The van der Waals surface area contributed by atoms with Gasteiger partial charge in [0, 0.05) is 56.6 Å². The van der Waals surface area contributed by atoms with Crippen molar-refractivity contribution in [1.82, 2.24) is 20.9 Å². The second-order valence-corrected chi connectivity index (χ2v) is 9.58. The van der Waals surface area contributed by atoms with E-state index in [-0.39, 0.29) is 40.7 Å². The van der Waals surface area contributed by atoms with Gasteiger partial charge in [0.1, 0.15) is 0 Å². The van der Waals surface area contributed by atoms with E-state index in [1.54, 1.807) is 0 Å². The number of carbonyl (C=O) groups is 1. The number of morpholine rings is 1. The van der Waals surface area contributed by atoms with E-state index in [9.17, 15) is 4.79 Å². The minimum absolute atomic E-state index is 0. The Balaban J connectivity index is 0.00000450. The Kier molecular flexibility index (Phi) is 12.5. The lowest BCUT2D eigenvalue weighted by atomic mass is 9.73. The summed E-state index contributed by atoms with van der Waals surface area (Å²) in [6.07, 6.45) is 6.48. The van der Waals surface area contributed by atoms with Gasteiger partial charge in [0.25, 0.3) is 0 Å². The molecule has 0 aromatic rings. The van der Waals surface area contributed by atoms with Crippen LogP contribution in [0, 0.1) is 10.8 Å². The Labute approximate surface area is 200 Å². The van der Waals surface area contributed by atoms with Crippen molar-refractivity contribution in [1.29, 1.82) is 0 Å². The minimum atomic E-state index is -0.356. The molecule has 1 aliphatic heterocycles. The zero-order valence-corrected chi connectivity index (χ0v) is 21.8. The summed E-state index contributed by atoms with van der Waals surface area (Å²) in [6, 6.07) is 0. The molecule has 1 saturated heterocycles. The van der Waals surface area contributed by atoms with E-state index < -0.39 is 0 Å². The van der Waals surface area contributed by atoms with Gasteiger partial charge in [-0.25, -0.2) is 0 Å². The van der Waals surface area contributed by atoms with Crippen molar-refractivity contribution >= 4 is 35.8 Å². The number of aliphatic imine (C=N–C) groups is 1. The molecule has 0 aromatic heterocycles. The molecule has 1 heterocycles. The molecule has 0 atom stereocenters. The lowest BCUT2D eigenvalue weighted by Gasteiger charge is -2.41. The highest BCUT2D eigenvalue weighted by Crippen LogP contribution is 2.37. The van der Waals surface area contributed by atoms with Crippen LogP contribution < -0.4 is 16.0 Å². The van der Waals surface area contributed by atoms with Crippen LogP contribution >= 0.6 is 24.0 Å². The second-order valence-electron chi connectivity index (χ2n) is 9.58. The Hall–Kier alpha value is -0.610. The average molecular weight is 538 g/mol. The largest absolute Gasteiger partial charge is 0.379 e. The van der Waals surface area contributed by atoms with E-state index in [4.69, 9.17) is 9.73 Å². The van der Waals surface area contributed by atoms with Crippen LogP contribution in [0.3, 0.4) is 0 Å². The molecule has 1 aliphatic carbocycles. The van der Waals surface area contributed by atoms with Crippen molar-refractivity contribution in [3.8, 4) is 0 Å². The maximum atomic E-state index is 12.0. The van der Waals surface area contributed by atoms with Crippen LogP contribution in [0.15, 0.2) is 4.99 Å². The molecule has 8 heteroatoms. The first-order valence-corrected chi connectivity index (χ1v) is 11.5. The number of hydrogen-bond acceptors (Lipinski definition) is 4. The van der Waals surface area contributed by atoms with Crippen LogP contribution in [-0.2, 0) is 9.53 Å². The van der Waals surface area contributed by atoms with Crippen LogP contribution in [0.2, 0.25) is 0 Å². The monoisotopic (exact) mass is 537 g/mol. The Morgan fingerprint density at radius 1 is 1.03 bits per heavy atom. The van der Waals surface area contributed by atoms with Crippen LogP contribution in [0.4, 0.5) is 0 Å². The molecule has 0 unspecified atom stereocenters. The first-order chi connectivity index (χ1) is 13.8. The summed E-state index contributed by atoms with van der Waals surface area (Å²) in [5.74, 6) is 0.928. The Bertz CT molecular complexity index is 524. The van der Waals surface area contributed by atoms with E-state index in [0.717, 1.165) is 51.9 Å². The van der Waals surface area contributed by atoms with E-state index in [2.05, 4.69) is 27.8 Å². The summed E-state index contributed by atoms with van der Waals surface area (Å²) in [6.45, 7) is 15.7. The number of hydrogen-bond donors (Lipinski definition) is 3. The smallest absolute Gasteiger partial charge is 0.225 e. The van der Waals surface area contributed by atoms with Crippen molar-refractivity contribution in [2.24, 2.45) is 15.8 Å². The topological polar surface area (TPSA) is 78.0 Å². The van der Waals surface area contributed by atoms with Crippen LogP contribution in [-0.4, -0.2) is 75.8 Å². The van der Waals surface area contributed by atoms with Gasteiger partial charge in [-0.05, 0) is 19.8 Å². The summed E-state index contributed by atoms with van der Waals surface area (Å²) in [4.78, 5) is 19.5. The number of nitrogens with zero attached hydrogens (tertiary/aromatic N) is 2. The maximum absolute atomic E-state index is 12.0. The van der Waals surface area contributed by atoms with Gasteiger partial charge in [-0.2, -0.15) is 0 Å². The zero-order valence-electron chi connectivity index (χ0n) is 19.5. The highest BCUT2D eigenvalue weighted by molar-refractivity contribution is 14.0. The SMILES string of the molecule is CCNC(=NCC1(CN2CCOCC2)CCCCC1)NCCNC(=O)C(C)(C)C.I. The van der Waals surface area contributed by atoms with E-state index in [1.807, 2.05) is 20.8 Å². The molecule has 0 aromatic carbocycles. The van der Waals surface area contributed by atoms with Crippen molar-refractivity contribution < 1.29 is 9.53 Å². The molecule has 2 aliphatic rings. The number of ether oxygens (including phenoxy) is 1. The third-order valence-corrected chi connectivity index (χ3v) is 5.88. The fraction of sp³-hybridized carbons (Fsp3) is 0.909. The number of amides is 1. The fourth-order valence-corrected chi connectivity index (χ4v) is 4.11. The van der Waals surface area contributed by atoms with Gasteiger partial charge >= 0.3 is 0 Å². The summed E-state index contributed by atoms with van der Waals surface area (Å²) >= 11 is 0. The third-order valence-electron chi connectivity index (χ3n) is 5.88. The Morgan fingerprint density at radius 2 is 1.67 bits per heavy atom. The lowest BCUT2D eigenvalue weighted by molar-refractivity contribution is -0.128. The molecule has 2 rings (SSSR count).